The number of rotatable bonds is 9. The van der Waals surface area contributed by atoms with Crippen LogP contribution >= 0.6 is 0 Å². The van der Waals surface area contributed by atoms with Gasteiger partial charge in [-0.1, -0.05) is 18.2 Å². The highest BCUT2D eigenvalue weighted by Gasteiger charge is 2.19. The van der Waals surface area contributed by atoms with E-state index in [0.717, 1.165) is 18.7 Å². The molecule has 0 aliphatic heterocycles. The molecule has 0 N–H and O–H groups in total. The molecule has 2 aromatic carbocycles. The van der Waals surface area contributed by atoms with Crippen molar-refractivity contribution in [3.05, 3.63) is 53.6 Å². The number of benzene rings is 2. The SMILES string of the molecule is CCN(CC)c1ccc(/C=C/C(=O)c2ccc(OC)c(OC)c2OC)cc1. The van der Waals surface area contributed by atoms with E-state index in [1.807, 2.05) is 12.1 Å². The first kappa shape index (κ1) is 20.4. The summed E-state index contributed by atoms with van der Waals surface area (Å²) in [6.45, 7) is 6.19. The van der Waals surface area contributed by atoms with E-state index in [0.29, 0.717) is 22.8 Å². The van der Waals surface area contributed by atoms with E-state index in [1.165, 1.54) is 26.0 Å². The Morgan fingerprint density at radius 2 is 1.52 bits per heavy atom. The zero-order valence-corrected chi connectivity index (χ0v) is 16.6. The van der Waals surface area contributed by atoms with Crippen molar-refractivity contribution in [1.82, 2.24) is 0 Å². The van der Waals surface area contributed by atoms with Crippen LogP contribution in [-0.4, -0.2) is 40.2 Å². The Bertz CT molecular complexity index is 793. The molecular formula is C22H27NO4. The summed E-state index contributed by atoms with van der Waals surface area (Å²) in [6.07, 6.45) is 3.33. The summed E-state index contributed by atoms with van der Waals surface area (Å²) in [5.74, 6) is 1.12. The van der Waals surface area contributed by atoms with Crippen LogP contribution < -0.4 is 19.1 Å². The highest BCUT2D eigenvalue weighted by atomic mass is 16.5. The third-order valence-electron chi connectivity index (χ3n) is 4.42. The van der Waals surface area contributed by atoms with Crippen LogP contribution in [0.4, 0.5) is 5.69 Å². The number of methoxy groups -OCH3 is 3. The average Bonchev–Trinajstić information content (AvgIpc) is 2.72. The number of nitrogens with zero attached hydrogens (tertiary/aromatic N) is 1. The second-order valence-corrected chi connectivity index (χ2v) is 5.84. The van der Waals surface area contributed by atoms with Gasteiger partial charge in [-0.3, -0.25) is 4.79 Å². The molecule has 0 aliphatic rings. The summed E-state index contributed by atoms with van der Waals surface area (Å²) in [6, 6.07) is 11.5. The normalized spacial score (nSPS) is 10.7. The number of hydrogen-bond donors (Lipinski definition) is 0. The predicted molar refractivity (Wildman–Crippen MR) is 109 cm³/mol. The lowest BCUT2D eigenvalue weighted by molar-refractivity contribution is 0.104. The van der Waals surface area contributed by atoms with E-state index in [-0.39, 0.29) is 5.78 Å². The van der Waals surface area contributed by atoms with E-state index in [2.05, 4.69) is 30.9 Å². The van der Waals surface area contributed by atoms with Crippen LogP contribution in [0.3, 0.4) is 0 Å². The van der Waals surface area contributed by atoms with Crippen molar-refractivity contribution in [2.45, 2.75) is 13.8 Å². The first-order chi connectivity index (χ1) is 13.1. The lowest BCUT2D eigenvalue weighted by Crippen LogP contribution is -2.21. The Kier molecular flexibility index (Phi) is 7.29. The van der Waals surface area contributed by atoms with Gasteiger partial charge in [-0.05, 0) is 49.8 Å². The van der Waals surface area contributed by atoms with Crippen LogP contribution in [-0.2, 0) is 0 Å². The monoisotopic (exact) mass is 369 g/mol. The number of allylic oxidation sites excluding steroid dienone is 1. The summed E-state index contributed by atoms with van der Waals surface area (Å²) in [5.41, 5.74) is 2.55. The smallest absolute Gasteiger partial charge is 0.204 e. The second kappa shape index (κ2) is 9.67. The molecule has 0 fully saturated rings. The molecule has 0 spiro atoms. The highest BCUT2D eigenvalue weighted by molar-refractivity contribution is 6.09. The summed E-state index contributed by atoms with van der Waals surface area (Å²) in [7, 11) is 4.56. The first-order valence-electron chi connectivity index (χ1n) is 8.95. The van der Waals surface area contributed by atoms with Gasteiger partial charge in [-0.25, -0.2) is 0 Å². The maximum atomic E-state index is 12.7. The number of hydrogen-bond acceptors (Lipinski definition) is 5. The molecule has 27 heavy (non-hydrogen) atoms. The van der Waals surface area contributed by atoms with E-state index >= 15 is 0 Å². The summed E-state index contributed by atoms with van der Waals surface area (Å²) in [4.78, 5) is 14.9. The fourth-order valence-corrected chi connectivity index (χ4v) is 2.94. The van der Waals surface area contributed by atoms with Gasteiger partial charge in [0.15, 0.2) is 17.3 Å². The third kappa shape index (κ3) is 4.61. The van der Waals surface area contributed by atoms with Gasteiger partial charge in [0, 0.05) is 18.8 Å². The molecule has 0 radical (unpaired) electrons. The molecule has 144 valence electrons. The van der Waals surface area contributed by atoms with Crippen molar-refractivity contribution in [2.24, 2.45) is 0 Å². The fraction of sp³-hybridized carbons (Fsp3) is 0.318. The van der Waals surface area contributed by atoms with Gasteiger partial charge in [0.25, 0.3) is 0 Å². The largest absolute Gasteiger partial charge is 0.493 e. The second-order valence-electron chi connectivity index (χ2n) is 5.84. The van der Waals surface area contributed by atoms with Crippen LogP contribution in [0.15, 0.2) is 42.5 Å². The van der Waals surface area contributed by atoms with Crippen molar-refractivity contribution in [2.75, 3.05) is 39.3 Å². The van der Waals surface area contributed by atoms with Gasteiger partial charge in [-0.2, -0.15) is 0 Å². The van der Waals surface area contributed by atoms with Gasteiger partial charge in [-0.15, -0.1) is 0 Å². The molecule has 0 aliphatic carbocycles. The van der Waals surface area contributed by atoms with Crippen molar-refractivity contribution in [3.63, 3.8) is 0 Å². The van der Waals surface area contributed by atoms with Crippen molar-refractivity contribution in [3.8, 4) is 17.2 Å². The van der Waals surface area contributed by atoms with Gasteiger partial charge >= 0.3 is 0 Å². The van der Waals surface area contributed by atoms with E-state index in [9.17, 15) is 4.79 Å². The molecule has 0 aromatic heterocycles. The van der Waals surface area contributed by atoms with Gasteiger partial charge < -0.3 is 19.1 Å². The number of carbonyl (C=O) groups is 1. The maximum Gasteiger partial charge on any atom is 0.204 e. The molecular weight excluding hydrogens is 342 g/mol. The Labute approximate surface area is 161 Å². The number of anilines is 1. The predicted octanol–water partition coefficient (Wildman–Crippen LogP) is 4.45. The molecule has 2 aromatic rings. The zero-order chi connectivity index (χ0) is 19.8. The maximum absolute atomic E-state index is 12.7. The van der Waals surface area contributed by atoms with Crippen molar-refractivity contribution >= 4 is 17.5 Å². The number of carbonyl (C=O) groups excluding carboxylic acids is 1. The lowest BCUT2D eigenvalue weighted by Gasteiger charge is -2.20. The molecule has 5 nitrogen and oxygen atoms in total. The van der Waals surface area contributed by atoms with Crippen LogP contribution in [0.25, 0.3) is 6.08 Å². The average molecular weight is 369 g/mol. The molecule has 0 atom stereocenters. The summed E-state index contributed by atoms with van der Waals surface area (Å²) in [5, 5.41) is 0. The van der Waals surface area contributed by atoms with Crippen LogP contribution in [0.2, 0.25) is 0 Å². The Balaban J connectivity index is 2.24. The van der Waals surface area contributed by atoms with Gasteiger partial charge in [0.05, 0.1) is 26.9 Å². The van der Waals surface area contributed by atoms with Gasteiger partial charge in [0.1, 0.15) is 0 Å². The van der Waals surface area contributed by atoms with Crippen LogP contribution in [0.5, 0.6) is 17.2 Å². The highest BCUT2D eigenvalue weighted by Crippen LogP contribution is 2.40. The molecule has 0 amide bonds. The summed E-state index contributed by atoms with van der Waals surface area (Å²) >= 11 is 0. The molecule has 0 bridgehead atoms. The first-order valence-corrected chi connectivity index (χ1v) is 8.95. The van der Waals surface area contributed by atoms with E-state index in [1.54, 1.807) is 25.3 Å². The van der Waals surface area contributed by atoms with Gasteiger partial charge in [0.2, 0.25) is 5.75 Å². The fourth-order valence-electron chi connectivity index (χ4n) is 2.94. The Morgan fingerprint density at radius 3 is 2.04 bits per heavy atom. The van der Waals surface area contributed by atoms with Crippen LogP contribution in [0.1, 0.15) is 29.8 Å². The molecule has 0 unspecified atom stereocenters. The quantitative estimate of drug-likeness (QED) is 0.483. The van der Waals surface area contributed by atoms with Crippen LogP contribution in [0, 0.1) is 0 Å². The standard InChI is InChI=1S/C22H27NO4/c1-6-23(7-2)17-11-8-16(9-12-17)10-14-19(24)18-13-15-20(25-3)22(27-5)21(18)26-4/h8-15H,6-7H2,1-5H3/b14-10+. The zero-order valence-electron chi connectivity index (χ0n) is 16.6. The van der Waals surface area contributed by atoms with Crippen molar-refractivity contribution < 1.29 is 19.0 Å². The number of ether oxygens (including phenoxy) is 3. The lowest BCUT2D eigenvalue weighted by atomic mass is 10.1. The summed E-state index contributed by atoms with van der Waals surface area (Å²) < 4.78 is 16.0. The minimum Gasteiger partial charge on any atom is -0.493 e. The minimum atomic E-state index is -0.166. The molecule has 5 heteroatoms. The Morgan fingerprint density at radius 1 is 0.889 bits per heavy atom. The number of ketones is 1. The minimum absolute atomic E-state index is 0.166. The molecule has 2 rings (SSSR count). The molecule has 0 saturated heterocycles. The Hall–Kier alpha value is -2.95. The van der Waals surface area contributed by atoms with E-state index < -0.39 is 0 Å². The third-order valence-corrected chi connectivity index (χ3v) is 4.42. The molecule has 0 heterocycles. The molecule has 0 saturated carbocycles. The van der Waals surface area contributed by atoms with Crippen molar-refractivity contribution in [1.29, 1.82) is 0 Å². The topological polar surface area (TPSA) is 48.0 Å². The van der Waals surface area contributed by atoms with E-state index in [4.69, 9.17) is 14.2 Å².